The molecule has 0 aliphatic carbocycles. The first-order valence-electron chi connectivity index (χ1n) is 5.87. The van der Waals surface area contributed by atoms with Crippen molar-refractivity contribution in [3.63, 3.8) is 0 Å². The maximum atomic E-state index is 10.6. The number of nitro groups is 1. The number of rotatable bonds is 4. The molecule has 0 bridgehead atoms. The van der Waals surface area contributed by atoms with Crippen LogP contribution in [0.4, 0.5) is 5.69 Å². The van der Waals surface area contributed by atoms with Crippen LogP contribution in [0.15, 0.2) is 41.2 Å². The lowest BCUT2D eigenvalue weighted by Gasteiger charge is -1.94. The van der Waals surface area contributed by atoms with Crippen molar-refractivity contribution in [1.29, 1.82) is 0 Å². The Labute approximate surface area is 123 Å². The van der Waals surface area contributed by atoms with E-state index in [-0.39, 0.29) is 12.2 Å². The molecule has 0 saturated carbocycles. The average molecular weight is 306 g/mol. The molecule has 106 valence electrons. The van der Waals surface area contributed by atoms with Crippen LogP contribution >= 0.6 is 11.6 Å². The van der Waals surface area contributed by atoms with Gasteiger partial charge in [-0.25, -0.2) is 0 Å². The van der Waals surface area contributed by atoms with Crippen LogP contribution in [0.25, 0.3) is 11.4 Å². The number of benzene rings is 1. The summed E-state index contributed by atoms with van der Waals surface area (Å²) in [7, 11) is 0. The van der Waals surface area contributed by atoms with Gasteiger partial charge in [0.05, 0.1) is 4.92 Å². The molecule has 9 heteroatoms. The van der Waals surface area contributed by atoms with Gasteiger partial charge in [0.15, 0.2) is 0 Å². The molecule has 0 fully saturated rings. The molecule has 0 spiro atoms. The first-order chi connectivity index (χ1) is 10.1. The number of halogens is 1. The van der Waals surface area contributed by atoms with Crippen LogP contribution in [0.5, 0.6) is 0 Å². The highest BCUT2D eigenvalue weighted by molar-refractivity contribution is 6.30. The highest BCUT2D eigenvalue weighted by Gasteiger charge is 2.13. The number of nitrogens with zero attached hydrogens (tertiary/aromatic N) is 5. The lowest BCUT2D eigenvalue weighted by atomic mass is 10.2. The third-order valence-electron chi connectivity index (χ3n) is 2.70. The van der Waals surface area contributed by atoms with E-state index in [4.69, 9.17) is 16.1 Å². The Bertz CT molecular complexity index is 780. The van der Waals surface area contributed by atoms with Crippen molar-refractivity contribution in [1.82, 2.24) is 19.9 Å². The largest absolute Gasteiger partial charge is 0.337 e. The van der Waals surface area contributed by atoms with Gasteiger partial charge < -0.3 is 4.52 Å². The van der Waals surface area contributed by atoms with E-state index in [1.807, 2.05) is 0 Å². The molecule has 0 aliphatic rings. The lowest BCUT2D eigenvalue weighted by molar-refractivity contribution is -0.385. The second kappa shape index (κ2) is 5.33. The van der Waals surface area contributed by atoms with Crippen LogP contribution in [-0.2, 0) is 6.54 Å². The molecule has 0 radical (unpaired) electrons. The van der Waals surface area contributed by atoms with E-state index in [2.05, 4.69) is 15.2 Å². The standard InChI is InChI=1S/C12H8ClN5O3/c13-9-3-1-8(2-4-9)12-15-11(21-16-12)7-17-6-10(5-14-17)18(19)20/h1-6H,7H2. The second-order valence-corrected chi connectivity index (χ2v) is 4.61. The molecule has 0 N–H and O–H groups in total. The number of hydrogen-bond donors (Lipinski definition) is 0. The maximum Gasteiger partial charge on any atom is 0.307 e. The Balaban J connectivity index is 1.78. The summed E-state index contributed by atoms with van der Waals surface area (Å²) in [6, 6.07) is 7.00. The van der Waals surface area contributed by atoms with Gasteiger partial charge in [-0.2, -0.15) is 10.1 Å². The highest BCUT2D eigenvalue weighted by Crippen LogP contribution is 2.19. The fourth-order valence-electron chi connectivity index (χ4n) is 1.71. The van der Waals surface area contributed by atoms with Gasteiger partial charge in [-0.05, 0) is 24.3 Å². The Morgan fingerprint density at radius 3 is 2.76 bits per heavy atom. The topological polar surface area (TPSA) is 99.9 Å². The Hall–Kier alpha value is -2.74. The van der Waals surface area contributed by atoms with Crippen LogP contribution in [0.2, 0.25) is 5.02 Å². The fraction of sp³-hybridized carbons (Fsp3) is 0.0833. The minimum absolute atomic E-state index is 0.0903. The van der Waals surface area contributed by atoms with E-state index in [1.165, 1.54) is 10.9 Å². The predicted octanol–water partition coefficient (Wildman–Crippen LogP) is 2.54. The summed E-state index contributed by atoms with van der Waals surface area (Å²) < 4.78 is 6.46. The molecule has 1 aromatic carbocycles. The number of hydrogen-bond acceptors (Lipinski definition) is 6. The lowest BCUT2D eigenvalue weighted by Crippen LogP contribution is -2.00. The second-order valence-electron chi connectivity index (χ2n) is 4.17. The molecule has 8 nitrogen and oxygen atoms in total. The molecule has 0 amide bonds. The molecule has 0 saturated heterocycles. The van der Waals surface area contributed by atoms with Gasteiger partial charge in [0.2, 0.25) is 11.7 Å². The summed E-state index contributed by atoms with van der Waals surface area (Å²) >= 11 is 5.81. The zero-order valence-corrected chi connectivity index (χ0v) is 11.3. The smallest absolute Gasteiger partial charge is 0.307 e. The van der Waals surface area contributed by atoms with Crippen LogP contribution in [0, 0.1) is 10.1 Å². The zero-order valence-electron chi connectivity index (χ0n) is 10.5. The van der Waals surface area contributed by atoms with Gasteiger partial charge in [0, 0.05) is 10.6 Å². The van der Waals surface area contributed by atoms with Crippen molar-refractivity contribution in [2.45, 2.75) is 6.54 Å². The summed E-state index contributed by atoms with van der Waals surface area (Å²) in [5.41, 5.74) is 0.674. The van der Waals surface area contributed by atoms with Gasteiger partial charge in [0.25, 0.3) is 0 Å². The first kappa shape index (κ1) is 13.3. The third kappa shape index (κ3) is 2.90. The molecule has 3 aromatic rings. The van der Waals surface area contributed by atoms with Crippen LogP contribution in [-0.4, -0.2) is 24.8 Å². The van der Waals surface area contributed by atoms with Gasteiger partial charge in [-0.15, -0.1) is 0 Å². The normalized spacial score (nSPS) is 10.7. The molecular formula is C12H8ClN5O3. The monoisotopic (exact) mass is 305 g/mol. The molecule has 21 heavy (non-hydrogen) atoms. The van der Waals surface area contributed by atoms with Gasteiger partial charge in [-0.1, -0.05) is 16.8 Å². The first-order valence-corrected chi connectivity index (χ1v) is 6.25. The van der Waals surface area contributed by atoms with E-state index >= 15 is 0 Å². The Morgan fingerprint density at radius 1 is 1.33 bits per heavy atom. The van der Waals surface area contributed by atoms with Gasteiger partial charge >= 0.3 is 5.69 Å². The minimum atomic E-state index is -0.517. The van der Waals surface area contributed by atoms with E-state index < -0.39 is 4.92 Å². The van der Waals surface area contributed by atoms with Gasteiger partial charge in [0.1, 0.15) is 18.9 Å². The van der Waals surface area contributed by atoms with Crippen molar-refractivity contribution in [3.8, 4) is 11.4 Å². The van der Waals surface area contributed by atoms with Crippen LogP contribution in [0.1, 0.15) is 5.89 Å². The zero-order chi connectivity index (χ0) is 14.8. The summed E-state index contributed by atoms with van der Waals surface area (Å²) in [4.78, 5) is 14.3. The SMILES string of the molecule is O=[N+]([O-])c1cnn(Cc2nc(-c3ccc(Cl)cc3)no2)c1. The Morgan fingerprint density at radius 2 is 2.10 bits per heavy atom. The summed E-state index contributed by atoms with van der Waals surface area (Å²) in [5.74, 6) is 0.723. The van der Waals surface area contributed by atoms with Crippen molar-refractivity contribution in [2.24, 2.45) is 0 Å². The highest BCUT2D eigenvalue weighted by atomic mass is 35.5. The van der Waals surface area contributed by atoms with Crippen molar-refractivity contribution in [3.05, 3.63) is 57.7 Å². The quantitative estimate of drug-likeness (QED) is 0.542. The van der Waals surface area contributed by atoms with Crippen molar-refractivity contribution < 1.29 is 9.45 Å². The average Bonchev–Trinajstić information content (AvgIpc) is 3.10. The fourth-order valence-corrected chi connectivity index (χ4v) is 1.83. The van der Waals surface area contributed by atoms with Gasteiger partial charge in [-0.3, -0.25) is 14.8 Å². The van der Waals surface area contributed by atoms with Crippen molar-refractivity contribution in [2.75, 3.05) is 0 Å². The molecule has 2 aromatic heterocycles. The Kier molecular flexibility index (Phi) is 3.36. The van der Waals surface area contributed by atoms with E-state index in [1.54, 1.807) is 24.3 Å². The molecule has 0 aliphatic heterocycles. The number of aromatic nitrogens is 4. The van der Waals surface area contributed by atoms with E-state index in [0.717, 1.165) is 11.8 Å². The molecule has 2 heterocycles. The maximum absolute atomic E-state index is 10.6. The van der Waals surface area contributed by atoms with Crippen LogP contribution < -0.4 is 0 Å². The molecule has 0 unspecified atom stereocenters. The summed E-state index contributed by atoms with van der Waals surface area (Å²) in [6.07, 6.45) is 2.46. The summed E-state index contributed by atoms with van der Waals surface area (Å²) in [6.45, 7) is 0.161. The minimum Gasteiger partial charge on any atom is -0.337 e. The van der Waals surface area contributed by atoms with Crippen molar-refractivity contribution >= 4 is 17.3 Å². The molecular weight excluding hydrogens is 298 g/mol. The van der Waals surface area contributed by atoms with Crippen LogP contribution in [0.3, 0.4) is 0 Å². The predicted molar refractivity (Wildman–Crippen MR) is 72.7 cm³/mol. The summed E-state index contributed by atoms with van der Waals surface area (Å²) in [5, 5.41) is 18.9. The van der Waals surface area contributed by atoms with E-state index in [9.17, 15) is 10.1 Å². The molecule has 0 atom stereocenters. The molecule has 3 rings (SSSR count). The van der Waals surface area contributed by atoms with E-state index in [0.29, 0.717) is 16.7 Å². The third-order valence-corrected chi connectivity index (χ3v) is 2.95.